The molecule has 2 fully saturated rings. The van der Waals surface area contributed by atoms with Crippen molar-refractivity contribution in [3.8, 4) is 0 Å². The molecule has 0 spiro atoms. The Kier molecular flexibility index (Phi) is 7.53. The van der Waals surface area contributed by atoms with Crippen LogP contribution in [0.1, 0.15) is 46.1 Å². The molecule has 1 aromatic rings. The van der Waals surface area contributed by atoms with E-state index in [0.29, 0.717) is 19.5 Å². The number of rotatable bonds is 5. The van der Waals surface area contributed by atoms with Gasteiger partial charge in [0.1, 0.15) is 0 Å². The molecule has 0 aromatic heterocycles. The Hall–Kier alpha value is -2.09. The number of anilines is 1. The van der Waals surface area contributed by atoms with E-state index in [1.807, 2.05) is 21.9 Å². The van der Waals surface area contributed by atoms with E-state index in [4.69, 9.17) is 0 Å². The third kappa shape index (κ3) is 6.03. The van der Waals surface area contributed by atoms with Crippen LogP contribution in [0.3, 0.4) is 0 Å². The van der Waals surface area contributed by atoms with Gasteiger partial charge in [0.05, 0.1) is 16.9 Å². The van der Waals surface area contributed by atoms with Crippen molar-refractivity contribution in [1.29, 1.82) is 0 Å². The Morgan fingerprint density at radius 3 is 1.97 bits per heavy atom. The Morgan fingerprint density at radius 1 is 0.906 bits per heavy atom. The lowest BCUT2D eigenvalue weighted by atomic mass is 9.98. The van der Waals surface area contributed by atoms with Gasteiger partial charge in [0.25, 0.3) is 0 Å². The normalized spacial score (nSPS) is 18.7. The van der Waals surface area contributed by atoms with Crippen LogP contribution in [0.25, 0.3) is 0 Å². The van der Waals surface area contributed by atoms with Gasteiger partial charge in [-0.1, -0.05) is 12.1 Å². The Morgan fingerprint density at radius 2 is 1.47 bits per heavy atom. The lowest BCUT2D eigenvalue weighted by molar-refractivity contribution is -0.132. The van der Waals surface area contributed by atoms with Crippen LogP contribution in [0.2, 0.25) is 0 Å². The molecule has 2 saturated heterocycles. The molecule has 2 aliphatic rings. The first-order chi connectivity index (χ1) is 15.0. The van der Waals surface area contributed by atoms with Crippen LogP contribution in [0.5, 0.6) is 0 Å². The van der Waals surface area contributed by atoms with Crippen LogP contribution in [0, 0.1) is 5.92 Å². The number of hydrogen-bond acceptors (Lipinski definition) is 5. The maximum absolute atomic E-state index is 12.8. The summed E-state index contributed by atoms with van der Waals surface area (Å²) in [5.74, 6) is 0.565. The first-order valence-electron chi connectivity index (χ1n) is 11.6. The number of hydrogen-bond donors (Lipinski definition) is 0. The zero-order valence-electron chi connectivity index (χ0n) is 19.8. The average Bonchev–Trinajstić information content (AvgIpc) is 2.74. The summed E-state index contributed by atoms with van der Waals surface area (Å²) in [4.78, 5) is 30.2. The van der Waals surface area contributed by atoms with Gasteiger partial charge in [0.2, 0.25) is 11.8 Å². The largest absolute Gasteiger partial charge is 0.368 e. The number of benzene rings is 1. The summed E-state index contributed by atoms with van der Waals surface area (Å²) < 4.78 is 24.2. The first-order valence-corrected chi connectivity index (χ1v) is 13.2. The average molecular weight is 464 g/mol. The van der Waals surface area contributed by atoms with Gasteiger partial charge in [0.15, 0.2) is 9.84 Å². The van der Waals surface area contributed by atoms with Gasteiger partial charge in [-0.2, -0.15) is 0 Å². The minimum Gasteiger partial charge on any atom is -0.368 e. The van der Waals surface area contributed by atoms with E-state index in [9.17, 15) is 18.0 Å². The van der Waals surface area contributed by atoms with E-state index < -0.39 is 14.6 Å². The third-order valence-electron chi connectivity index (χ3n) is 6.74. The SMILES string of the molecule is CC(=O)N1CCN(c2ccc(CC(=O)N3CCC(CS(=O)(=O)C(C)(C)C)CC3)cc2)CC1. The van der Waals surface area contributed by atoms with Gasteiger partial charge in [-0.25, -0.2) is 8.42 Å². The summed E-state index contributed by atoms with van der Waals surface area (Å²) in [7, 11) is -3.13. The standard InChI is InChI=1S/C24H37N3O4S/c1-19(28)25-13-15-26(16-14-25)22-7-5-20(6-8-22)17-23(29)27-11-9-21(10-12-27)18-32(30,31)24(2,3)4/h5-8,21H,9-18H2,1-4H3. The Labute approximate surface area is 192 Å². The molecule has 0 radical (unpaired) electrons. The highest BCUT2D eigenvalue weighted by atomic mass is 32.2. The molecular weight excluding hydrogens is 426 g/mol. The van der Waals surface area contributed by atoms with Crippen molar-refractivity contribution in [2.45, 2.75) is 51.7 Å². The fourth-order valence-corrected chi connectivity index (χ4v) is 5.75. The lowest BCUT2D eigenvalue weighted by Crippen LogP contribution is -2.48. The fourth-order valence-electron chi connectivity index (χ4n) is 4.30. The molecule has 7 nitrogen and oxygen atoms in total. The molecule has 178 valence electrons. The topological polar surface area (TPSA) is 78.0 Å². The zero-order chi connectivity index (χ0) is 23.5. The van der Waals surface area contributed by atoms with Gasteiger partial charge in [-0.3, -0.25) is 9.59 Å². The number of nitrogens with zero attached hydrogens (tertiary/aromatic N) is 3. The van der Waals surface area contributed by atoms with Crippen LogP contribution in [-0.2, 0) is 25.8 Å². The highest BCUT2D eigenvalue weighted by Gasteiger charge is 2.33. The highest BCUT2D eigenvalue weighted by molar-refractivity contribution is 7.92. The smallest absolute Gasteiger partial charge is 0.226 e. The zero-order valence-corrected chi connectivity index (χ0v) is 20.7. The van der Waals surface area contributed by atoms with Crippen molar-refractivity contribution in [3.63, 3.8) is 0 Å². The lowest BCUT2D eigenvalue weighted by Gasteiger charge is -2.35. The minimum absolute atomic E-state index is 0.102. The van der Waals surface area contributed by atoms with Gasteiger partial charge < -0.3 is 14.7 Å². The Bertz CT molecular complexity index is 906. The van der Waals surface area contributed by atoms with Crippen molar-refractivity contribution >= 4 is 27.3 Å². The van der Waals surface area contributed by atoms with E-state index in [1.165, 1.54) is 0 Å². The molecular formula is C24H37N3O4S. The van der Waals surface area contributed by atoms with Crippen molar-refractivity contribution < 1.29 is 18.0 Å². The number of likely N-dealkylation sites (tertiary alicyclic amines) is 1. The second-order valence-corrected chi connectivity index (χ2v) is 12.8. The first kappa shape index (κ1) is 24.6. The molecule has 8 heteroatoms. The maximum atomic E-state index is 12.8. The molecule has 0 bridgehead atoms. The molecule has 2 aliphatic heterocycles. The number of amides is 2. The summed E-state index contributed by atoms with van der Waals surface area (Å²) >= 11 is 0. The van der Waals surface area contributed by atoms with Crippen LogP contribution < -0.4 is 4.90 Å². The molecule has 3 rings (SSSR count). The summed E-state index contributed by atoms with van der Waals surface area (Å²) in [5.41, 5.74) is 2.10. The monoisotopic (exact) mass is 463 g/mol. The second-order valence-electron chi connectivity index (χ2n) is 10.1. The van der Waals surface area contributed by atoms with Gasteiger partial charge in [-0.05, 0) is 57.2 Å². The second kappa shape index (κ2) is 9.81. The van der Waals surface area contributed by atoms with Crippen molar-refractivity contribution in [1.82, 2.24) is 9.80 Å². The van der Waals surface area contributed by atoms with E-state index in [1.54, 1.807) is 27.7 Å². The van der Waals surface area contributed by atoms with Crippen molar-refractivity contribution in [3.05, 3.63) is 29.8 Å². The van der Waals surface area contributed by atoms with E-state index in [-0.39, 0.29) is 23.5 Å². The van der Waals surface area contributed by atoms with Crippen LogP contribution >= 0.6 is 0 Å². The fraction of sp³-hybridized carbons (Fsp3) is 0.667. The van der Waals surface area contributed by atoms with Crippen LogP contribution in [0.4, 0.5) is 5.69 Å². The number of piperazine rings is 1. The maximum Gasteiger partial charge on any atom is 0.226 e. The molecule has 0 N–H and O–H groups in total. The van der Waals surface area contributed by atoms with E-state index >= 15 is 0 Å². The van der Waals surface area contributed by atoms with Crippen molar-refractivity contribution in [2.24, 2.45) is 5.92 Å². The number of sulfone groups is 1. The number of carbonyl (C=O) groups is 2. The summed E-state index contributed by atoms with van der Waals surface area (Å²) in [6.07, 6.45) is 1.85. The highest BCUT2D eigenvalue weighted by Crippen LogP contribution is 2.25. The van der Waals surface area contributed by atoms with Crippen molar-refractivity contribution in [2.75, 3.05) is 49.9 Å². The predicted octanol–water partition coefficient (Wildman–Crippen LogP) is 2.35. The number of carbonyl (C=O) groups excluding carboxylic acids is 2. The summed E-state index contributed by atoms with van der Waals surface area (Å²) in [6.45, 7) is 11.2. The molecule has 0 unspecified atom stereocenters. The van der Waals surface area contributed by atoms with E-state index in [0.717, 1.165) is 50.3 Å². The molecule has 2 heterocycles. The predicted molar refractivity (Wildman–Crippen MR) is 127 cm³/mol. The van der Waals surface area contributed by atoms with Crippen LogP contribution in [-0.4, -0.2) is 79.8 Å². The van der Waals surface area contributed by atoms with Gasteiger partial charge >= 0.3 is 0 Å². The summed E-state index contributed by atoms with van der Waals surface area (Å²) in [6, 6.07) is 8.12. The Balaban J connectivity index is 1.47. The van der Waals surface area contributed by atoms with Crippen LogP contribution in [0.15, 0.2) is 24.3 Å². The summed E-state index contributed by atoms with van der Waals surface area (Å²) in [5, 5.41) is 0. The molecule has 0 saturated carbocycles. The van der Waals surface area contributed by atoms with E-state index in [2.05, 4.69) is 17.0 Å². The molecule has 2 amide bonds. The molecule has 32 heavy (non-hydrogen) atoms. The molecule has 0 atom stereocenters. The third-order valence-corrected chi connectivity index (χ3v) is 9.51. The number of piperidine rings is 1. The quantitative estimate of drug-likeness (QED) is 0.670. The minimum atomic E-state index is -3.13. The van der Waals surface area contributed by atoms with Gasteiger partial charge in [0, 0.05) is 51.9 Å². The van der Waals surface area contributed by atoms with Gasteiger partial charge in [-0.15, -0.1) is 0 Å². The molecule has 1 aromatic carbocycles. The molecule has 0 aliphatic carbocycles.